The van der Waals surface area contributed by atoms with Gasteiger partial charge in [0, 0.05) is 5.57 Å². The van der Waals surface area contributed by atoms with Crippen molar-refractivity contribution in [1.82, 2.24) is 4.98 Å². The average molecular weight is 264 g/mol. The van der Waals surface area contributed by atoms with Gasteiger partial charge in [0.15, 0.2) is 5.13 Å². The van der Waals surface area contributed by atoms with E-state index in [0.29, 0.717) is 15.6 Å². The van der Waals surface area contributed by atoms with E-state index in [1.165, 1.54) is 17.5 Å². The van der Waals surface area contributed by atoms with Gasteiger partial charge in [-0.05, 0) is 6.42 Å². The van der Waals surface area contributed by atoms with Gasteiger partial charge in [-0.3, -0.25) is 4.79 Å². The number of carbonyl (C=O) groups is 1. The van der Waals surface area contributed by atoms with E-state index in [9.17, 15) is 4.79 Å². The van der Waals surface area contributed by atoms with Crippen molar-refractivity contribution in [2.75, 3.05) is 5.73 Å². The van der Waals surface area contributed by atoms with Crippen molar-refractivity contribution < 1.29 is 4.79 Å². The summed E-state index contributed by atoms with van der Waals surface area (Å²) in [5.41, 5.74) is 6.09. The fourth-order valence-electron chi connectivity index (χ4n) is 1.11. The Labute approximate surface area is 113 Å². The number of anilines is 1. The lowest BCUT2D eigenvalue weighted by atomic mass is 10.1. The molecule has 0 aliphatic heterocycles. The molecular formula is C14H20N2OS. The predicted molar refractivity (Wildman–Crippen MR) is 79.9 cm³/mol. The maximum Gasteiger partial charge on any atom is 0.204 e. The van der Waals surface area contributed by atoms with Crippen LogP contribution < -0.4 is 5.73 Å². The molecule has 0 saturated carbocycles. The maximum absolute atomic E-state index is 12.0. The molecule has 18 heavy (non-hydrogen) atoms. The van der Waals surface area contributed by atoms with Gasteiger partial charge in [0.1, 0.15) is 0 Å². The zero-order chi connectivity index (χ0) is 14.0. The van der Waals surface area contributed by atoms with Gasteiger partial charge in [-0.15, -0.1) is 0 Å². The summed E-state index contributed by atoms with van der Waals surface area (Å²) >= 11 is 1.19. The van der Waals surface area contributed by atoms with Crippen LogP contribution in [-0.2, 0) is 0 Å². The van der Waals surface area contributed by atoms with E-state index >= 15 is 0 Å². The quantitative estimate of drug-likeness (QED) is 0.496. The van der Waals surface area contributed by atoms with E-state index in [1.807, 2.05) is 26.8 Å². The van der Waals surface area contributed by atoms with Gasteiger partial charge in [0.2, 0.25) is 5.78 Å². The zero-order valence-electron chi connectivity index (χ0n) is 11.1. The third-order valence-corrected chi connectivity index (χ3v) is 2.67. The number of aromatic nitrogens is 1. The molecule has 0 radical (unpaired) electrons. The molecule has 1 rings (SSSR count). The topological polar surface area (TPSA) is 56.0 Å². The van der Waals surface area contributed by atoms with Crippen molar-refractivity contribution in [1.29, 1.82) is 0 Å². The van der Waals surface area contributed by atoms with Gasteiger partial charge in [-0.25, -0.2) is 4.98 Å². The lowest BCUT2D eigenvalue weighted by Gasteiger charge is -1.96. The third kappa shape index (κ3) is 5.10. The number of nitrogen functional groups attached to an aromatic ring is 1. The Balaban J connectivity index is 0.00000137. The normalized spacial score (nSPS) is 10.9. The molecule has 1 aromatic rings. The van der Waals surface area contributed by atoms with Crippen LogP contribution in [0.4, 0.5) is 5.13 Å². The second-order valence-corrected chi connectivity index (χ2v) is 4.12. The van der Waals surface area contributed by atoms with Crippen molar-refractivity contribution in [3.63, 3.8) is 0 Å². The molecule has 0 saturated heterocycles. The van der Waals surface area contributed by atoms with E-state index in [1.54, 1.807) is 18.2 Å². The first-order chi connectivity index (χ1) is 8.69. The van der Waals surface area contributed by atoms with Crippen molar-refractivity contribution in [3.05, 3.63) is 47.5 Å². The first kappa shape index (κ1) is 16.3. The van der Waals surface area contributed by atoms with Crippen LogP contribution in [-0.4, -0.2) is 10.8 Å². The average Bonchev–Trinajstić information content (AvgIpc) is 2.83. The van der Waals surface area contributed by atoms with Crippen LogP contribution in [0, 0.1) is 0 Å². The molecule has 0 amide bonds. The van der Waals surface area contributed by atoms with E-state index < -0.39 is 0 Å². The summed E-state index contributed by atoms with van der Waals surface area (Å²) in [6.07, 6.45) is 9.38. The van der Waals surface area contributed by atoms with Crippen LogP contribution in [0.2, 0.25) is 0 Å². The van der Waals surface area contributed by atoms with Crippen molar-refractivity contribution in [2.45, 2.75) is 27.2 Å². The molecule has 1 aromatic heterocycles. The first-order valence-electron chi connectivity index (χ1n) is 5.94. The Kier molecular flexibility index (Phi) is 8.49. The number of hydrogen-bond acceptors (Lipinski definition) is 4. The van der Waals surface area contributed by atoms with E-state index in [0.717, 1.165) is 6.42 Å². The van der Waals surface area contributed by atoms with Gasteiger partial charge in [-0.2, -0.15) is 0 Å². The Hall–Kier alpha value is -1.68. The minimum atomic E-state index is -0.0706. The third-order valence-electron chi connectivity index (χ3n) is 1.84. The fourth-order valence-corrected chi connectivity index (χ4v) is 1.76. The Morgan fingerprint density at radius 1 is 1.56 bits per heavy atom. The molecule has 2 N–H and O–H groups in total. The summed E-state index contributed by atoms with van der Waals surface area (Å²) in [6.45, 7) is 9.60. The number of rotatable bonds is 5. The highest BCUT2D eigenvalue weighted by atomic mass is 32.1. The largest absolute Gasteiger partial charge is 0.375 e. The Morgan fingerprint density at radius 2 is 2.22 bits per heavy atom. The van der Waals surface area contributed by atoms with Gasteiger partial charge in [0.05, 0.1) is 11.1 Å². The maximum atomic E-state index is 12.0. The van der Waals surface area contributed by atoms with Crippen LogP contribution in [0.3, 0.4) is 0 Å². The van der Waals surface area contributed by atoms with Crippen LogP contribution in [0.5, 0.6) is 0 Å². The second-order valence-electron chi connectivity index (χ2n) is 3.06. The van der Waals surface area contributed by atoms with Crippen LogP contribution in [0.25, 0.3) is 0 Å². The van der Waals surface area contributed by atoms with Crippen LogP contribution >= 0.6 is 11.3 Å². The van der Waals surface area contributed by atoms with Crippen molar-refractivity contribution in [3.8, 4) is 0 Å². The highest BCUT2D eigenvalue weighted by molar-refractivity contribution is 7.17. The number of allylic oxidation sites excluding steroid dienone is 5. The molecule has 0 aromatic carbocycles. The van der Waals surface area contributed by atoms with Gasteiger partial charge < -0.3 is 5.73 Å². The van der Waals surface area contributed by atoms with Crippen molar-refractivity contribution in [2.24, 2.45) is 0 Å². The molecule has 0 bridgehead atoms. The SMILES string of the molecule is C=C/C=C(\C=C/CC)C(=O)c1cnc(N)s1.CC. The summed E-state index contributed by atoms with van der Waals surface area (Å²) in [7, 11) is 0. The monoisotopic (exact) mass is 264 g/mol. The Morgan fingerprint density at radius 3 is 2.67 bits per heavy atom. The summed E-state index contributed by atoms with van der Waals surface area (Å²) in [5, 5.41) is 0.403. The lowest BCUT2D eigenvalue weighted by Crippen LogP contribution is -1.98. The standard InChI is InChI=1S/C12H14N2OS.C2H6/c1-3-5-7-9(6-4-2)11(15)10-8-14-12(13)16-10;1-2/h4-8H,2-3H2,1H3,(H2,13,14);1-2H3/b7-5-,9-6+;. The Bertz CT molecular complexity index is 444. The molecule has 0 atom stereocenters. The number of thiazole rings is 1. The van der Waals surface area contributed by atoms with Crippen LogP contribution in [0.1, 0.15) is 36.9 Å². The molecular weight excluding hydrogens is 244 g/mol. The number of nitrogens with zero attached hydrogens (tertiary/aromatic N) is 1. The summed E-state index contributed by atoms with van der Waals surface area (Å²) < 4.78 is 0. The highest BCUT2D eigenvalue weighted by Crippen LogP contribution is 2.19. The molecule has 0 spiro atoms. The number of hydrogen-bond donors (Lipinski definition) is 1. The van der Waals surface area contributed by atoms with E-state index in [-0.39, 0.29) is 5.78 Å². The van der Waals surface area contributed by atoms with Gasteiger partial charge in [0.25, 0.3) is 0 Å². The number of ketones is 1. The second kappa shape index (κ2) is 9.36. The van der Waals surface area contributed by atoms with Crippen LogP contribution in [0.15, 0.2) is 42.7 Å². The smallest absolute Gasteiger partial charge is 0.204 e. The summed E-state index contributed by atoms with van der Waals surface area (Å²) in [5.74, 6) is -0.0706. The van der Waals surface area contributed by atoms with Gasteiger partial charge >= 0.3 is 0 Å². The summed E-state index contributed by atoms with van der Waals surface area (Å²) in [4.78, 5) is 16.4. The molecule has 1 heterocycles. The van der Waals surface area contributed by atoms with Crippen molar-refractivity contribution >= 4 is 22.3 Å². The summed E-state index contributed by atoms with van der Waals surface area (Å²) in [6, 6.07) is 0. The molecule has 3 nitrogen and oxygen atoms in total. The predicted octanol–water partition coefficient (Wildman–Crippen LogP) is 4.01. The number of nitrogens with two attached hydrogens (primary N) is 1. The molecule has 0 fully saturated rings. The lowest BCUT2D eigenvalue weighted by molar-refractivity contribution is 0.104. The molecule has 0 aliphatic carbocycles. The van der Waals surface area contributed by atoms with E-state index in [2.05, 4.69) is 11.6 Å². The first-order valence-corrected chi connectivity index (χ1v) is 6.76. The number of carbonyl (C=O) groups excluding carboxylic acids is 1. The number of Topliss-reactive ketones (excluding diaryl/α,β-unsaturated/α-hetero) is 1. The highest BCUT2D eigenvalue weighted by Gasteiger charge is 2.12. The minimum absolute atomic E-state index is 0.0706. The molecule has 0 unspecified atom stereocenters. The van der Waals surface area contributed by atoms with Gasteiger partial charge in [-0.1, -0.05) is 63.0 Å². The molecule has 0 aliphatic rings. The zero-order valence-corrected chi connectivity index (χ0v) is 12.0. The molecule has 4 heteroatoms. The fraction of sp³-hybridized carbons (Fsp3) is 0.286. The minimum Gasteiger partial charge on any atom is -0.375 e. The van der Waals surface area contributed by atoms with E-state index in [4.69, 9.17) is 5.73 Å². The molecule has 98 valence electrons.